The summed E-state index contributed by atoms with van der Waals surface area (Å²) >= 11 is 1.14. The number of nitrogens with one attached hydrogen (secondary N) is 1. The van der Waals surface area contributed by atoms with Gasteiger partial charge in [0.25, 0.3) is 10.0 Å². The molecule has 1 N–H and O–H groups in total. The summed E-state index contributed by atoms with van der Waals surface area (Å²) in [6, 6.07) is 11.1. The number of para-hydroxylation sites is 1. The van der Waals surface area contributed by atoms with Crippen LogP contribution in [0.15, 0.2) is 46.0 Å². The van der Waals surface area contributed by atoms with E-state index >= 15 is 0 Å². The summed E-state index contributed by atoms with van der Waals surface area (Å²) in [5.74, 6) is -0.407. The number of hydrogen-bond donors (Lipinski definition) is 1. The lowest BCUT2D eigenvalue weighted by atomic mass is 10.1. The van der Waals surface area contributed by atoms with E-state index in [9.17, 15) is 13.2 Å². The van der Waals surface area contributed by atoms with E-state index in [1.807, 2.05) is 6.07 Å². The molecular weight excluding hydrogens is 346 g/mol. The molecule has 1 fully saturated rings. The van der Waals surface area contributed by atoms with E-state index in [2.05, 4.69) is 5.32 Å². The molecule has 0 spiro atoms. The highest BCUT2D eigenvalue weighted by molar-refractivity contribution is 7.91. The maximum absolute atomic E-state index is 12.7. The van der Waals surface area contributed by atoms with Crippen molar-refractivity contribution in [1.29, 1.82) is 5.26 Å². The lowest BCUT2D eigenvalue weighted by Gasteiger charge is -2.22. The maximum Gasteiger partial charge on any atom is 0.253 e. The first kappa shape index (κ1) is 16.6. The lowest BCUT2D eigenvalue weighted by Crippen LogP contribution is -2.42. The van der Waals surface area contributed by atoms with Gasteiger partial charge in [-0.2, -0.15) is 9.57 Å². The van der Waals surface area contributed by atoms with Gasteiger partial charge < -0.3 is 5.32 Å². The standard InChI is InChI=1S/C16H15N3O3S2/c17-11-12-5-1-2-6-13(12)18-16(20)14-7-3-9-19(14)24(21,22)15-8-4-10-23-15/h1-2,4-6,8,10,14H,3,7,9H2,(H,18,20)/t14-/m0/s1. The molecule has 1 aromatic carbocycles. The highest BCUT2D eigenvalue weighted by Crippen LogP contribution is 2.29. The molecule has 0 aliphatic carbocycles. The van der Waals surface area contributed by atoms with Gasteiger partial charge in [0.15, 0.2) is 0 Å². The molecule has 124 valence electrons. The van der Waals surface area contributed by atoms with Gasteiger partial charge in [-0.1, -0.05) is 18.2 Å². The zero-order chi connectivity index (χ0) is 17.2. The minimum absolute atomic E-state index is 0.236. The zero-order valence-electron chi connectivity index (χ0n) is 12.7. The van der Waals surface area contributed by atoms with Crippen molar-refractivity contribution in [1.82, 2.24) is 4.31 Å². The van der Waals surface area contributed by atoms with Gasteiger partial charge in [-0.15, -0.1) is 11.3 Å². The van der Waals surface area contributed by atoms with Crippen LogP contribution in [-0.4, -0.2) is 31.2 Å². The van der Waals surface area contributed by atoms with Gasteiger partial charge in [-0.3, -0.25) is 4.79 Å². The number of carbonyl (C=O) groups is 1. The van der Waals surface area contributed by atoms with Crippen LogP contribution < -0.4 is 5.32 Å². The Kier molecular flexibility index (Phi) is 4.66. The molecule has 8 heteroatoms. The largest absolute Gasteiger partial charge is 0.323 e. The molecule has 1 aliphatic rings. The van der Waals surface area contributed by atoms with Crippen LogP contribution in [0.5, 0.6) is 0 Å². The molecule has 2 heterocycles. The Morgan fingerprint density at radius 2 is 2.08 bits per heavy atom. The monoisotopic (exact) mass is 361 g/mol. The topological polar surface area (TPSA) is 90.3 Å². The maximum atomic E-state index is 12.7. The average Bonchev–Trinajstić information content (AvgIpc) is 3.27. The molecule has 1 saturated heterocycles. The predicted molar refractivity (Wildman–Crippen MR) is 91.0 cm³/mol. The van der Waals surface area contributed by atoms with Crippen LogP contribution in [-0.2, 0) is 14.8 Å². The highest BCUT2D eigenvalue weighted by Gasteiger charge is 2.40. The Hall–Kier alpha value is -2.21. The second kappa shape index (κ2) is 6.73. The third kappa shape index (κ3) is 3.06. The van der Waals surface area contributed by atoms with Crippen molar-refractivity contribution in [2.75, 3.05) is 11.9 Å². The van der Waals surface area contributed by atoms with E-state index in [0.29, 0.717) is 30.6 Å². The Labute approximate surface area is 144 Å². The number of nitriles is 1. The number of anilines is 1. The van der Waals surface area contributed by atoms with Gasteiger partial charge in [0.2, 0.25) is 5.91 Å². The molecule has 0 radical (unpaired) electrons. The van der Waals surface area contributed by atoms with Gasteiger partial charge in [0.1, 0.15) is 16.3 Å². The molecule has 6 nitrogen and oxygen atoms in total. The van der Waals surface area contributed by atoms with Crippen LogP contribution >= 0.6 is 11.3 Å². The number of nitrogens with zero attached hydrogens (tertiary/aromatic N) is 2. The molecule has 24 heavy (non-hydrogen) atoms. The lowest BCUT2D eigenvalue weighted by molar-refractivity contribution is -0.119. The van der Waals surface area contributed by atoms with E-state index < -0.39 is 22.0 Å². The molecule has 2 aromatic rings. The fourth-order valence-corrected chi connectivity index (χ4v) is 5.50. The molecule has 1 atom stereocenters. The van der Waals surface area contributed by atoms with E-state index in [4.69, 9.17) is 5.26 Å². The van der Waals surface area contributed by atoms with Crippen molar-refractivity contribution in [2.24, 2.45) is 0 Å². The number of hydrogen-bond acceptors (Lipinski definition) is 5. The van der Waals surface area contributed by atoms with Crippen molar-refractivity contribution in [3.05, 3.63) is 47.3 Å². The van der Waals surface area contributed by atoms with Crippen LogP contribution in [0.1, 0.15) is 18.4 Å². The molecule has 1 amide bonds. The summed E-state index contributed by atoms with van der Waals surface area (Å²) in [6.45, 7) is 0.318. The quantitative estimate of drug-likeness (QED) is 0.905. The number of sulfonamides is 1. The van der Waals surface area contributed by atoms with Crippen molar-refractivity contribution in [3.63, 3.8) is 0 Å². The average molecular weight is 361 g/mol. The fourth-order valence-electron chi connectivity index (χ4n) is 2.72. The molecular formula is C16H15N3O3S2. The number of amides is 1. The first-order valence-electron chi connectivity index (χ1n) is 7.39. The van der Waals surface area contributed by atoms with Crippen molar-refractivity contribution in [2.45, 2.75) is 23.1 Å². The molecule has 0 saturated carbocycles. The van der Waals surface area contributed by atoms with E-state index in [-0.39, 0.29) is 4.21 Å². The van der Waals surface area contributed by atoms with Crippen LogP contribution in [0.4, 0.5) is 5.69 Å². The minimum atomic E-state index is -3.67. The number of rotatable bonds is 4. The first-order chi connectivity index (χ1) is 11.5. The first-order valence-corrected chi connectivity index (χ1v) is 9.71. The predicted octanol–water partition coefficient (Wildman–Crippen LogP) is 2.41. The third-order valence-corrected chi connectivity index (χ3v) is 7.15. The summed E-state index contributed by atoms with van der Waals surface area (Å²) in [5.41, 5.74) is 0.738. The number of carbonyl (C=O) groups excluding carboxylic acids is 1. The Balaban J connectivity index is 1.83. The smallest absolute Gasteiger partial charge is 0.253 e. The second-order valence-electron chi connectivity index (χ2n) is 5.35. The second-order valence-corrected chi connectivity index (χ2v) is 8.42. The van der Waals surface area contributed by atoms with E-state index in [1.54, 1.807) is 35.7 Å². The zero-order valence-corrected chi connectivity index (χ0v) is 14.3. The van der Waals surface area contributed by atoms with Gasteiger partial charge in [0, 0.05) is 6.54 Å². The molecule has 1 aliphatic heterocycles. The summed E-state index contributed by atoms with van der Waals surface area (Å²) in [6.07, 6.45) is 1.09. The van der Waals surface area contributed by atoms with E-state index in [1.165, 1.54) is 10.4 Å². The van der Waals surface area contributed by atoms with Gasteiger partial charge in [-0.25, -0.2) is 8.42 Å². The summed E-state index contributed by atoms with van der Waals surface area (Å²) in [4.78, 5) is 12.6. The highest BCUT2D eigenvalue weighted by atomic mass is 32.2. The van der Waals surface area contributed by atoms with E-state index in [0.717, 1.165) is 11.3 Å². The number of thiophene rings is 1. The third-order valence-electron chi connectivity index (χ3n) is 3.87. The Morgan fingerprint density at radius 1 is 1.29 bits per heavy atom. The Bertz CT molecular complexity index is 886. The normalized spacial score (nSPS) is 18.2. The van der Waals surface area contributed by atoms with Crippen molar-refractivity contribution >= 4 is 33.0 Å². The summed E-state index contributed by atoms with van der Waals surface area (Å²) in [7, 11) is -3.67. The Morgan fingerprint density at radius 3 is 2.79 bits per heavy atom. The fraction of sp³-hybridized carbons (Fsp3) is 0.250. The molecule has 1 aromatic heterocycles. The van der Waals surface area contributed by atoms with Crippen molar-refractivity contribution < 1.29 is 13.2 Å². The summed E-state index contributed by atoms with van der Waals surface area (Å²) < 4.78 is 26.9. The van der Waals surface area contributed by atoms with Crippen LogP contribution in [0, 0.1) is 11.3 Å². The van der Waals surface area contributed by atoms with Gasteiger partial charge >= 0.3 is 0 Å². The minimum Gasteiger partial charge on any atom is -0.323 e. The van der Waals surface area contributed by atoms with Gasteiger partial charge in [-0.05, 0) is 36.4 Å². The summed E-state index contributed by atoms with van der Waals surface area (Å²) in [5, 5.41) is 13.5. The van der Waals surface area contributed by atoms with Crippen LogP contribution in [0.25, 0.3) is 0 Å². The van der Waals surface area contributed by atoms with Crippen molar-refractivity contribution in [3.8, 4) is 6.07 Å². The van der Waals surface area contributed by atoms with Crippen LogP contribution in [0.2, 0.25) is 0 Å². The number of benzene rings is 1. The van der Waals surface area contributed by atoms with Gasteiger partial charge in [0.05, 0.1) is 11.3 Å². The SMILES string of the molecule is N#Cc1ccccc1NC(=O)[C@@H]1CCCN1S(=O)(=O)c1cccs1. The van der Waals surface area contributed by atoms with Crippen LogP contribution in [0.3, 0.4) is 0 Å². The molecule has 0 bridgehead atoms. The molecule has 3 rings (SSSR count). The molecule has 0 unspecified atom stereocenters.